The lowest BCUT2D eigenvalue weighted by atomic mass is 9.62. The molecule has 1 aliphatic rings. The van der Waals surface area contributed by atoms with Crippen molar-refractivity contribution in [1.82, 2.24) is 0 Å². The number of aromatic carboxylic acids is 1. The Balaban J connectivity index is 0.000000847. The average molecular weight is 782 g/mol. The first-order valence-electron chi connectivity index (χ1n) is 16.7. The van der Waals surface area contributed by atoms with Gasteiger partial charge in [0.15, 0.2) is 0 Å². The van der Waals surface area contributed by atoms with Crippen molar-refractivity contribution in [3.63, 3.8) is 0 Å². The Morgan fingerprint density at radius 2 is 1.23 bits per heavy atom. The molecular formula is C39H60INO7. The summed E-state index contributed by atoms with van der Waals surface area (Å²) in [6.07, 6.45) is 7.90. The minimum Gasteiger partial charge on any atom is -0.550 e. The molecule has 0 saturated carbocycles. The van der Waals surface area contributed by atoms with Gasteiger partial charge in [0, 0.05) is 12.4 Å². The predicted octanol–water partition coefficient (Wildman–Crippen LogP) is 7.35. The van der Waals surface area contributed by atoms with E-state index in [-0.39, 0.29) is 54.3 Å². The molecule has 2 aromatic rings. The number of carbonyl (C=O) groups is 3. The van der Waals surface area contributed by atoms with Crippen LogP contribution >= 0.6 is 24.0 Å². The summed E-state index contributed by atoms with van der Waals surface area (Å²) >= 11 is 0. The molecule has 0 atom stereocenters. The van der Waals surface area contributed by atoms with E-state index in [1.165, 1.54) is 29.5 Å². The third-order valence-electron chi connectivity index (χ3n) is 8.80. The summed E-state index contributed by atoms with van der Waals surface area (Å²) in [6.45, 7) is 16.9. The molecule has 8 nitrogen and oxygen atoms in total. The van der Waals surface area contributed by atoms with E-state index in [0.29, 0.717) is 12.0 Å². The summed E-state index contributed by atoms with van der Waals surface area (Å²) in [5.74, 6) is -2.64. The summed E-state index contributed by atoms with van der Waals surface area (Å²) in [6, 6.07) is 11.6. The molecule has 3 N–H and O–H groups in total. The second-order valence-electron chi connectivity index (χ2n) is 15.0. The Bertz CT molecular complexity index is 1320. The zero-order valence-electron chi connectivity index (χ0n) is 30.5. The fourth-order valence-corrected chi connectivity index (χ4v) is 5.57. The second kappa shape index (κ2) is 20.7. The van der Waals surface area contributed by atoms with Crippen LogP contribution in [-0.2, 0) is 20.4 Å². The second-order valence-corrected chi connectivity index (χ2v) is 15.0. The molecule has 1 aliphatic carbocycles. The number of carboxylic acid groups (broad SMARTS) is 3. The van der Waals surface area contributed by atoms with Gasteiger partial charge in [0.05, 0.1) is 33.3 Å². The van der Waals surface area contributed by atoms with Gasteiger partial charge in [0.2, 0.25) is 0 Å². The number of carboxylic acids is 3. The third kappa shape index (κ3) is 16.1. The van der Waals surface area contributed by atoms with Gasteiger partial charge in [-0.15, -0.1) is 24.0 Å². The van der Waals surface area contributed by atoms with Gasteiger partial charge < -0.3 is 29.7 Å². The molecule has 0 fully saturated rings. The summed E-state index contributed by atoms with van der Waals surface area (Å²) in [4.78, 5) is 31.2. The molecule has 0 radical (unpaired) electrons. The molecule has 0 aromatic heterocycles. The maximum Gasteiger partial charge on any atom is 0.335 e. The fourth-order valence-electron chi connectivity index (χ4n) is 5.57. The number of aryl methyl sites for hydroxylation is 1. The highest BCUT2D eigenvalue weighted by Crippen LogP contribution is 2.47. The summed E-state index contributed by atoms with van der Waals surface area (Å²) < 4.78 is 0.844. The topological polar surface area (TPSA) is 135 Å². The highest BCUT2D eigenvalue weighted by Gasteiger charge is 2.37. The van der Waals surface area contributed by atoms with Gasteiger partial charge in [-0.05, 0) is 95.4 Å². The molecule has 270 valence electrons. The van der Waals surface area contributed by atoms with Crippen molar-refractivity contribution in [2.45, 2.75) is 110 Å². The van der Waals surface area contributed by atoms with Crippen molar-refractivity contribution in [2.75, 3.05) is 34.3 Å². The molecule has 0 aliphatic heterocycles. The minimum absolute atomic E-state index is 0. The standard InChI is InChI=1S/C24H28O2.C10H18O4.C5H14NO.HI/c1-15-13-20-21(24(5,6)12-11-23(20,3)4)14-19(15)16(2)17-7-9-18(10-8-17)22(25)26;11-9(12)7-5-3-1-2-4-6-8-10(13)14;1-6(2,3)4-5-7;/h7-10,13-14H,2,11-12H2,1,3-6H3,(H,25,26);1-8H2,(H,11,12)(H,13,14);7H,4-5H2,1-3H3;1H/q;;+1;/p-1. The smallest absolute Gasteiger partial charge is 0.335 e. The number of halogens is 1. The summed E-state index contributed by atoms with van der Waals surface area (Å²) in [7, 11) is 6.16. The first kappa shape index (κ1) is 45.2. The Morgan fingerprint density at radius 3 is 1.62 bits per heavy atom. The van der Waals surface area contributed by atoms with Gasteiger partial charge in [-0.2, -0.15) is 0 Å². The predicted molar refractivity (Wildman–Crippen MR) is 203 cm³/mol. The van der Waals surface area contributed by atoms with E-state index in [1.54, 1.807) is 12.1 Å². The Morgan fingerprint density at radius 1 is 0.792 bits per heavy atom. The molecule has 9 heteroatoms. The Hall–Kier alpha value is -2.76. The number of aliphatic hydroxyl groups is 1. The lowest BCUT2D eigenvalue weighted by molar-refractivity contribution is -0.870. The van der Waals surface area contributed by atoms with Gasteiger partial charge in [-0.1, -0.05) is 84.2 Å². The number of unbranched alkanes of at least 4 members (excludes halogenated alkanes) is 5. The lowest BCUT2D eigenvalue weighted by Gasteiger charge is -2.42. The number of hydrogen-bond acceptors (Lipinski definition) is 5. The number of quaternary nitrogens is 1. The molecular weight excluding hydrogens is 721 g/mol. The molecule has 0 saturated heterocycles. The maximum absolute atomic E-state index is 11.1. The number of aliphatic hydroxyl groups excluding tert-OH is 1. The van der Waals surface area contributed by atoms with Crippen molar-refractivity contribution in [2.24, 2.45) is 0 Å². The van der Waals surface area contributed by atoms with Gasteiger partial charge >= 0.3 is 11.9 Å². The number of fused-ring (bicyclic) bond motifs is 1. The highest BCUT2D eigenvalue weighted by molar-refractivity contribution is 14.0. The number of aliphatic carboxylic acids is 2. The van der Waals surface area contributed by atoms with Crippen LogP contribution in [0.1, 0.15) is 130 Å². The SMILES string of the molecule is C=C(c1ccc(C(=O)O)cc1)c1cc2c(cc1C)C(C)(C)CCC2(C)C.C[N+](C)(C)CCO.I.O=C([O-])CCCCCCCCC(=O)O. The first-order valence-corrected chi connectivity index (χ1v) is 16.7. The van der Waals surface area contributed by atoms with Crippen LogP contribution in [0.25, 0.3) is 5.57 Å². The van der Waals surface area contributed by atoms with Crippen LogP contribution < -0.4 is 5.11 Å². The number of likely N-dealkylation sites (N-methyl/N-ethyl adjacent to an activating group) is 1. The number of rotatable bonds is 14. The van der Waals surface area contributed by atoms with Crippen LogP contribution in [0.15, 0.2) is 43.0 Å². The van der Waals surface area contributed by atoms with Crippen molar-refractivity contribution in [1.29, 1.82) is 0 Å². The van der Waals surface area contributed by atoms with Crippen LogP contribution in [0.4, 0.5) is 0 Å². The van der Waals surface area contributed by atoms with E-state index >= 15 is 0 Å². The number of carbonyl (C=O) groups excluding carboxylic acids is 1. The molecule has 48 heavy (non-hydrogen) atoms. The van der Waals surface area contributed by atoms with E-state index in [9.17, 15) is 19.5 Å². The van der Waals surface area contributed by atoms with Crippen molar-refractivity contribution < 1.29 is 39.3 Å². The largest absolute Gasteiger partial charge is 0.550 e. The van der Waals surface area contributed by atoms with E-state index in [1.807, 2.05) is 12.1 Å². The van der Waals surface area contributed by atoms with E-state index in [4.69, 9.17) is 15.3 Å². The van der Waals surface area contributed by atoms with Gasteiger partial charge in [0.25, 0.3) is 0 Å². The molecule has 0 amide bonds. The van der Waals surface area contributed by atoms with E-state index in [2.05, 4.69) is 74.5 Å². The molecule has 3 rings (SSSR count). The van der Waals surface area contributed by atoms with Crippen LogP contribution in [0.2, 0.25) is 0 Å². The van der Waals surface area contributed by atoms with E-state index < -0.39 is 17.9 Å². The first-order chi connectivity index (χ1) is 21.7. The monoisotopic (exact) mass is 781 g/mol. The van der Waals surface area contributed by atoms with Crippen molar-refractivity contribution in [3.8, 4) is 0 Å². The zero-order chi connectivity index (χ0) is 36.0. The molecule has 2 aromatic carbocycles. The molecule has 0 unspecified atom stereocenters. The van der Waals surface area contributed by atoms with Gasteiger partial charge in [-0.25, -0.2) is 4.79 Å². The maximum atomic E-state index is 11.1. The minimum atomic E-state index is -0.990. The van der Waals surface area contributed by atoms with Gasteiger partial charge in [-0.3, -0.25) is 4.79 Å². The van der Waals surface area contributed by atoms with E-state index in [0.717, 1.165) is 59.8 Å². The van der Waals surface area contributed by atoms with Crippen LogP contribution in [0.5, 0.6) is 0 Å². The third-order valence-corrected chi connectivity index (χ3v) is 8.80. The highest BCUT2D eigenvalue weighted by atomic mass is 127. The van der Waals surface area contributed by atoms with Crippen LogP contribution in [-0.4, -0.2) is 72.0 Å². The molecule has 0 heterocycles. The lowest BCUT2D eigenvalue weighted by Crippen LogP contribution is -2.36. The van der Waals surface area contributed by atoms with Crippen LogP contribution in [0, 0.1) is 6.92 Å². The zero-order valence-corrected chi connectivity index (χ0v) is 32.8. The Labute approximate surface area is 305 Å². The molecule has 0 spiro atoms. The van der Waals surface area contributed by atoms with Crippen molar-refractivity contribution >= 4 is 47.5 Å². The number of benzene rings is 2. The average Bonchev–Trinajstić information content (AvgIpc) is 2.96. The summed E-state index contributed by atoms with van der Waals surface area (Å²) in [5.41, 5.74) is 7.79. The quantitative estimate of drug-likeness (QED) is 0.104. The Kier molecular flexibility index (Phi) is 19.5. The summed E-state index contributed by atoms with van der Waals surface area (Å²) in [5, 5.41) is 35.9. The number of nitrogens with zero attached hydrogens (tertiary/aromatic N) is 1. The van der Waals surface area contributed by atoms with Crippen LogP contribution in [0.3, 0.4) is 0 Å². The van der Waals surface area contributed by atoms with Gasteiger partial charge in [0.1, 0.15) is 6.54 Å². The molecule has 0 bridgehead atoms. The number of hydrogen-bond donors (Lipinski definition) is 3. The fraction of sp³-hybridized carbons (Fsp3) is 0.564. The normalized spacial score (nSPS) is 14.1. The van der Waals surface area contributed by atoms with Crippen molar-refractivity contribution in [3.05, 3.63) is 76.4 Å².